The number of aliphatic hydroxyl groups is 1. The normalized spacial score (nSPS) is 10.3. The van der Waals surface area contributed by atoms with Gasteiger partial charge in [0.1, 0.15) is 0 Å². The molecule has 0 saturated carbocycles. The quantitative estimate of drug-likeness (QED) is 0.896. The van der Waals surface area contributed by atoms with Gasteiger partial charge in [-0.2, -0.15) is 0 Å². The summed E-state index contributed by atoms with van der Waals surface area (Å²) in [6.45, 7) is 4.07. The number of aryl methyl sites for hydroxylation is 2. The number of rotatable bonds is 4. The van der Waals surface area contributed by atoms with Gasteiger partial charge < -0.3 is 10.4 Å². The topological polar surface area (TPSA) is 49.3 Å². The molecule has 3 heteroatoms. The fourth-order valence-electron chi connectivity index (χ4n) is 2.05. The fraction of sp³-hybridized carbons (Fsp3) is 0.235. The minimum Gasteiger partial charge on any atom is -0.392 e. The van der Waals surface area contributed by atoms with Crippen LogP contribution in [-0.2, 0) is 17.8 Å². The van der Waals surface area contributed by atoms with Crippen LogP contribution in [0.1, 0.15) is 22.3 Å². The van der Waals surface area contributed by atoms with Crippen molar-refractivity contribution in [2.45, 2.75) is 26.9 Å². The van der Waals surface area contributed by atoms with E-state index in [4.69, 9.17) is 5.11 Å². The average Bonchev–Trinajstić information content (AvgIpc) is 2.43. The largest absolute Gasteiger partial charge is 0.392 e. The summed E-state index contributed by atoms with van der Waals surface area (Å²) in [5.41, 5.74) is 4.92. The van der Waals surface area contributed by atoms with E-state index < -0.39 is 0 Å². The van der Waals surface area contributed by atoms with Crippen molar-refractivity contribution < 1.29 is 9.90 Å². The molecule has 0 aliphatic heterocycles. The number of amides is 1. The van der Waals surface area contributed by atoms with Gasteiger partial charge in [0.15, 0.2) is 0 Å². The Kier molecular flexibility index (Phi) is 4.53. The molecule has 0 aliphatic rings. The van der Waals surface area contributed by atoms with Gasteiger partial charge in [-0.15, -0.1) is 0 Å². The van der Waals surface area contributed by atoms with E-state index in [9.17, 15) is 4.79 Å². The summed E-state index contributed by atoms with van der Waals surface area (Å²) in [4.78, 5) is 12.0. The standard InChI is InChI=1S/C17H19NO2/c1-12-6-7-14(8-13(12)2)10-17(20)18-16-5-3-4-15(9-16)11-19/h3-9,19H,10-11H2,1-2H3,(H,18,20). The van der Waals surface area contributed by atoms with E-state index >= 15 is 0 Å². The number of benzene rings is 2. The van der Waals surface area contributed by atoms with Gasteiger partial charge in [0.2, 0.25) is 5.91 Å². The monoisotopic (exact) mass is 269 g/mol. The number of hydrogen-bond acceptors (Lipinski definition) is 2. The van der Waals surface area contributed by atoms with Gasteiger partial charge in [-0.25, -0.2) is 0 Å². The molecule has 3 nitrogen and oxygen atoms in total. The maximum atomic E-state index is 12.0. The Morgan fingerprint density at radius 2 is 1.85 bits per heavy atom. The van der Waals surface area contributed by atoms with Crippen LogP contribution < -0.4 is 5.32 Å². The highest BCUT2D eigenvalue weighted by Gasteiger charge is 2.05. The lowest BCUT2D eigenvalue weighted by atomic mass is 10.0. The number of carbonyl (C=O) groups excluding carboxylic acids is 1. The second-order valence-electron chi connectivity index (χ2n) is 5.00. The van der Waals surface area contributed by atoms with E-state index in [1.54, 1.807) is 6.07 Å². The van der Waals surface area contributed by atoms with Crippen molar-refractivity contribution in [1.82, 2.24) is 0 Å². The number of anilines is 1. The number of aliphatic hydroxyl groups excluding tert-OH is 1. The molecule has 0 radical (unpaired) electrons. The first-order valence-corrected chi connectivity index (χ1v) is 6.64. The van der Waals surface area contributed by atoms with E-state index in [0.29, 0.717) is 12.1 Å². The summed E-state index contributed by atoms with van der Waals surface area (Å²) in [5, 5.41) is 11.9. The molecule has 0 aliphatic carbocycles. The lowest BCUT2D eigenvalue weighted by Crippen LogP contribution is -2.14. The first kappa shape index (κ1) is 14.3. The number of hydrogen-bond donors (Lipinski definition) is 2. The van der Waals surface area contributed by atoms with Crippen molar-refractivity contribution in [2.75, 3.05) is 5.32 Å². The summed E-state index contributed by atoms with van der Waals surface area (Å²) >= 11 is 0. The highest BCUT2D eigenvalue weighted by Crippen LogP contribution is 2.13. The van der Waals surface area contributed by atoms with Crippen LogP contribution in [0, 0.1) is 13.8 Å². The van der Waals surface area contributed by atoms with E-state index in [0.717, 1.165) is 11.1 Å². The molecule has 2 aromatic rings. The Bertz CT molecular complexity index is 620. The van der Waals surface area contributed by atoms with Crippen LogP contribution in [0.15, 0.2) is 42.5 Å². The molecule has 104 valence electrons. The minimum atomic E-state index is -0.0525. The van der Waals surface area contributed by atoms with E-state index in [1.165, 1.54) is 11.1 Å². The highest BCUT2D eigenvalue weighted by atomic mass is 16.3. The molecule has 2 N–H and O–H groups in total. The molecular formula is C17H19NO2. The van der Waals surface area contributed by atoms with E-state index in [2.05, 4.69) is 12.2 Å². The fourth-order valence-corrected chi connectivity index (χ4v) is 2.05. The van der Waals surface area contributed by atoms with Gasteiger partial charge in [-0.1, -0.05) is 30.3 Å². The molecule has 1 amide bonds. The predicted octanol–water partition coefficient (Wildman–Crippen LogP) is 2.98. The van der Waals surface area contributed by atoms with Gasteiger partial charge >= 0.3 is 0 Å². The highest BCUT2D eigenvalue weighted by molar-refractivity contribution is 5.92. The zero-order chi connectivity index (χ0) is 14.5. The van der Waals surface area contributed by atoms with Gasteiger partial charge in [-0.3, -0.25) is 4.79 Å². The maximum Gasteiger partial charge on any atom is 0.228 e. The zero-order valence-corrected chi connectivity index (χ0v) is 11.8. The SMILES string of the molecule is Cc1ccc(CC(=O)Nc2cccc(CO)c2)cc1C. The number of carbonyl (C=O) groups is 1. The first-order chi connectivity index (χ1) is 9.58. The molecule has 0 aromatic heterocycles. The third kappa shape index (κ3) is 3.68. The van der Waals surface area contributed by atoms with Crippen LogP contribution in [-0.4, -0.2) is 11.0 Å². The van der Waals surface area contributed by atoms with Gasteiger partial charge in [-0.05, 0) is 48.2 Å². The van der Waals surface area contributed by atoms with Gasteiger partial charge in [0.05, 0.1) is 13.0 Å². The van der Waals surface area contributed by atoms with Crippen LogP contribution in [0.4, 0.5) is 5.69 Å². The summed E-state index contributed by atoms with van der Waals surface area (Å²) in [5.74, 6) is -0.0525. The average molecular weight is 269 g/mol. The summed E-state index contributed by atoms with van der Waals surface area (Å²) in [6.07, 6.45) is 0.352. The smallest absolute Gasteiger partial charge is 0.228 e. The van der Waals surface area contributed by atoms with Crippen LogP contribution >= 0.6 is 0 Å². The second-order valence-corrected chi connectivity index (χ2v) is 5.00. The van der Waals surface area contributed by atoms with Gasteiger partial charge in [0, 0.05) is 5.69 Å². The van der Waals surface area contributed by atoms with Crippen LogP contribution in [0.3, 0.4) is 0 Å². The van der Waals surface area contributed by atoms with Crippen molar-refractivity contribution in [1.29, 1.82) is 0 Å². The molecule has 0 spiro atoms. The Morgan fingerprint density at radius 1 is 1.05 bits per heavy atom. The first-order valence-electron chi connectivity index (χ1n) is 6.64. The third-order valence-corrected chi connectivity index (χ3v) is 3.33. The van der Waals surface area contributed by atoms with E-state index in [-0.39, 0.29) is 12.5 Å². The third-order valence-electron chi connectivity index (χ3n) is 3.33. The van der Waals surface area contributed by atoms with E-state index in [1.807, 2.05) is 43.3 Å². The van der Waals surface area contributed by atoms with Crippen molar-refractivity contribution in [3.8, 4) is 0 Å². The second kappa shape index (κ2) is 6.35. The van der Waals surface area contributed by atoms with Gasteiger partial charge in [0.25, 0.3) is 0 Å². The van der Waals surface area contributed by atoms with Crippen molar-refractivity contribution in [3.05, 3.63) is 64.7 Å². The summed E-state index contributed by atoms with van der Waals surface area (Å²) in [6, 6.07) is 13.3. The molecule has 0 unspecified atom stereocenters. The minimum absolute atomic E-state index is 0.0269. The van der Waals surface area contributed by atoms with Crippen molar-refractivity contribution in [3.63, 3.8) is 0 Å². The Balaban J connectivity index is 2.03. The number of nitrogens with one attached hydrogen (secondary N) is 1. The molecule has 0 atom stereocenters. The molecule has 2 rings (SSSR count). The lowest BCUT2D eigenvalue weighted by molar-refractivity contribution is -0.115. The Hall–Kier alpha value is -2.13. The van der Waals surface area contributed by atoms with Crippen LogP contribution in [0.25, 0.3) is 0 Å². The Morgan fingerprint density at radius 3 is 2.55 bits per heavy atom. The molecule has 0 fully saturated rings. The molecule has 0 saturated heterocycles. The van der Waals surface area contributed by atoms with Crippen LogP contribution in [0.2, 0.25) is 0 Å². The molecule has 2 aromatic carbocycles. The molecule has 20 heavy (non-hydrogen) atoms. The Labute approximate surface area is 119 Å². The summed E-state index contributed by atoms with van der Waals surface area (Å²) in [7, 11) is 0. The molecule has 0 bridgehead atoms. The predicted molar refractivity (Wildman–Crippen MR) is 80.6 cm³/mol. The van der Waals surface area contributed by atoms with Crippen molar-refractivity contribution in [2.24, 2.45) is 0 Å². The zero-order valence-electron chi connectivity index (χ0n) is 11.8. The lowest BCUT2D eigenvalue weighted by Gasteiger charge is -2.08. The maximum absolute atomic E-state index is 12.0. The summed E-state index contributed by atoms with van der Waals surface area (Å²) < 4.78 is 0. The molecular weight excluding hydrogens is 250 g/mol. The molecule has 0 heterocycles. The van der Waals surface area contributed by atoms with Crippen molar-refractivity contribution >= 4 is 11.6 Å². The van der Waals surface area contributed by atoms with Crippen LogP contribution in [0.5, 0.6) is 0 Å².